The fourth-order valence-corrected chi connectivity index (χ4v) is 4.06. The molecule has 0 aliphatic heterocycles. The van der Waals surface area contributed by atoms with E-state index < -0.39 is 14.3 Å². The lowest BCUT2D eigenvalue weighted by Gasteiger charge is -2.36. The Bertz CT molecular complexity index is 825. The number of hydrogen-bond acceptors (Lipinski definition) is 2. The Morgan fingerprint density at radius 3 is 2.33 bits per heavy atom. The molecule has 2 aromatic carbocycles. The molecule has 27 heavy (non-hydrogen) atoms. The molecule has 0 bridgehead atoms. The minimum absolute atomic E-state index is 0.111. The van der Waals surface area contributed by atoms with Gasteiger partial charge in [-0.2, -0.15) is 0 Å². The summed E-state index contributed by atoms with van der Waals surface area (Å²) < 4.78 is 6.27. The van der Waals surface area contributed by atoms with Crippen LogP contribution in [0, 0.1) is 0 Å². The maximum Gasteiger partial charge on any atom is 0.335 e. The van der Waals surface area contributed by atoms with Crippen molar-refractivity contribution in [3.8, 4) is 0 Å². The van der Waals surface area contributed by atoms with Gasteiger partial charge in [0.2, 0.25) is 0 Å². The van der Waals surface area contributed by atoms with Gasteiger partial charge in [0.25, 0.3) is 0 Å². The lowest BCUT2D eigenvalue weighted by molar-refractivity contribution is 0.0695. The highest BCUT2D eigenvalue weighted by Crippen LogP contribution is 2.37. The molecule has 1 N–H and O–H groups in total. The molecule has 0 aliphatic rings. The second kappa shape index (κ2) is 8.17. The van der Waals surface area contributed by atoms with Gasteiger partial charge >= 0.3 is 5.97 Å². The molecule has 0 aliphatic carbocycles. The molecule has 0 heterocycles. The van der Waals surface area contributed by atoms with Gasteiger partial charge in [-0.25, -0.2) is 4.79 Å². The van der Waals surface area contributed by atoms with Gasteiger partial charge in [0.15, 0.2) is 8.32 Å². The Labute approximate surface area is 168 Å². The first-order chi connectivity index (χ1) is 12.4. The molecular formula is C22H29ClO3Si. The quantitative estimate of drug-likeness (QED) is 0.544. The van der Waals surface area contributed by atoms with Crippen molar-refractivity contribution in [1.82, 2.24) is 0 Å². The van der Waals surface area contributed by atoms with Crippen LogP contribution in [-0.4, -0.2) is 19.4 Å². The predicted octanol–water partition coefficient (Wildman–Crippen LogP) is 6.71. The zero-order valence-corrected chi connectivity index (χ0v) is 18.7. The molecule has 0 fully saturated rings. The summed E-state index contributed by atoms with van der Waals surface area (Å²) in [7, 11) is -1.82. The topological polar surface area (TPSA) is 46.5 Å². The third-order valence-corrected chi connectivity index (χ3v) is 10.4. The van der Waals surface area contributed by atoms with Crippen LogP contribution < -0.4 is 0 Å². The number of rotatable bonds is 6. The zero-order chi connectivity index (χ0) is 20.4. The van der Waals surface area contributed by atoms with E-state index in [2.05, 4.69) is 33.9 Å². The van der Waals surface area contributed by atoms with Gasteiger partial charge in [0.05, 0.1) is 12.2 Å². The molecule has 2 rings (SSSR count). The highest BCUT2D eigenvalue weighted by Gasteiger charge is 2.37. The molecule has 5 heteroatoms. The number of aromatic carboxylic acids is 1. The van der Waals surface area contributed by atoms with Crippen molar-refractivity contribution in [2.75, 3.05) is 0 Å². The van der Waals surface area contributed by atoms with E-state index in [1.807, 2.05) is 37.3 Å². The third kappa shape index (κ3) is 5.01. The highest BCUT2D eigenvalue weighted by atomic mass is 35.5. The standard InChI is InChI=1S/C22H29ClO3Si/c1-15(17-9-7-8-10-19(17)21(24)25)18-12-11-16(13-20(18)23)14-26-27(5,6)22(2,3)4/h7-13,15H,14H2,1-6H3,(H,24,25). The largest absolute Gasteiger partial charge is 0.478 e. The Morgan fingerprint density at radius 1 is 1.15 bits per heavy atom. The van der Waals surface area contributed by atoms with Gasteiger partial charge < -0.3 is 9.53 Å². The predicted molar refractivity (Wildman–Crippen MR) is 114 cm³/mol. The van der Waals surface area contributed by atoms with Crippen LogP contribution in [0.5, 0.6) is 0 Å². The first-order valence-corrected chi connectivity index (χ1v) is 12.5. The molecule has 0 saturated heterocycles. The van der Waals surface area contributed by atoms with E-state index in [1.165, 1.54) is 0 Å². The summed E-state index contributed by atoms with van der Waals surface area (Å²) in [6, 6.07) is 13.0. The molecular weight excluding hydrogens is 376 g/mol. The molecule has 1 atom stereocenters. The van der Waals surface area contributed by atoms with Crippen LogP contribution in [0.2, 0.25) is 23.2 Å². The van der Waals surface area contributed by atoms with Crippen molar-refractivity contribution in [2.24, 2.45) is 0 Å². The van der Waals surface area contributed by atoms with Crippen LogP contribution >= 0.6 is 11.6 Å². The summed E-state index contributed by atoms with van der Waals surface area (Å²) >= 11 is 6.55. The SMILES string of the molecule is CC(c1ccc(CO[Si](C)(C)C(C)(C)C)cc1Cl)c1ccccc1C(=O)O. The van der Waals surface area contributed by atoms with Gasteiger partial charge in [-0.05, 0) is 47.0 Å². The highest BCUT2D eigenvalue weighted by molar-refractivity contribution is 6.74. The smallest absolute Gasteiger partial charge is 0.335 e. The third-order valence-electron chi connectivity index (χ3n) is 5.59. The number of carbonyl (C=O) groups is 1. The molecule has 2 aromatic rings. The monoisotopic (exact) mass is 404 g/mol. The molecule has 1 unspecified atom stereocenters. The minimum atomic E-state index is -1.82. The van der Waals surface area contributed by atoms with Crippen LogP contribution in [0.15, 0.2) is 42.5 Å². The summed E-state index contributed by atoms with van der Waals surface area (Å²) in [6.45, 7) is 13.6. The number of carboxylic acid groups (broad SMARTS) is 1. The molecule has 0 saturated carbocycles. The van der Waals surface area contributed by atoms with Crippen LogP contribution in [0.1, 0.15) is 60.7 Å². The van der Waals surface area contributed by atoms with E-state index in [-0.39, 0.29) is 11.0 Å². The van der Waals surface area contributed by atoms with Crippen molar-refractivity contribution in [2.45, 2.75) is 58.4 Å². The Hall–Kier alpha value is -1.62. The van der Waals surface area contributed by atoms with Gasteiger partial charge in [-0.15, -0.1) is 0 Å². The first-order valence-electron chi connectivity index (χ1n) is 9.18. The first kappa shape index (κ1) is 21.7. The van der Waals surface area contributed by atoms with Crippen molar-refractivity contribution >= 4 is 25.9 Å². The second-order valence-corrected chi connectivity index (χ2v) is 13.7. The molecule has 0 amide bonds. The van der Waals surface area contributed by atoms with Gasteiger partial charge in [-0.3, -0.25) is 0 Å². The van der Waals surface area contributed by atoms with Crippen LogP contribution in [-0.2, 0) is 11.0 Å². The minimum Gasteiger partial charge on any atom is -0.478 e. The number of halogens is 1. The van der Waals surface area contributed by atoms with E-state index in [4.69, 9.17) is 16.0 Å². The molecule has 0 radical (unpaired) electrons. The normalized spacial score (nSPS) is 13.4. The molecule has 0 spiro atoms. The average Bonchev–Trinajstić information content (AvgIpc) is 2.58. The van der Waals surface area contributed by atoms with E-state index in [9.17, 15) is 9.90 Å². The summed E-state index contributed by atoms with van der Waals surface area (Å²) in [5.74, 6) is -1.03. The van der Waals surface area contributed by atoms with Crippen LogP contribution in [0.25, 0.3) is 0 Å². The maximum absolute atomic E-state index is 11.5. The van der Waals surface area contributed by atoms with Crippen LogP contribution in [0.3, 0.4) is 0 Å². The Balaban J connectivity index is 2.24. The van der Waals surface area contributed by atoms with E-state index in [0.717, 1.165) is 16.7 Å². The van der Waals surface area contributed by atoms with Crippen molar-refractivity contribution < 1.29 is 14.3 Å². The van der Waals surface area contributed by atoms with Crippen molar-refractivity contribution in [3.63, 3.8) is 0 Å². The van der Waals surface area contributed by atoms with Crippen molar-refractivity contribution in [1.29, 1.82) is 0 Å². The average molecular weight is 405 g/mol. The zero-order valence-electron chi connectivity index (χ0n) is 17.0. The summed E-state index contributed by atoms with van der Waals surface area (Å²) in [6.07, 6.45) is 0. The van der Waals surface area contributed by atoms with E-state index in [1.54, 1.807) is 12.1 Å². The maximum atomic E-state index is 11.5. The fourth-order valence-electron chi connectivity index (χ4n) is 2.73. The second-order valence-electron chi connectivity index (χ2n) is 8.52. The number of carboxylic acids is 1. The number of hydrogen-bond donors (Lipinski definition) is 1. The number of benzene rings is 2. The van der Waals surface area contributed by atoms with E-state index >= 15 is 0 Å². The summed E-state index contributed by atoms with van der Waals surface area (Å²) in [4.78, 5) is 11.5. The van der Waals surface area contributed by atoms with Gasteiger partial charge in [0, 0.05) is 10.9 Å². The van der Waals surface area contributed by atoms with Gasteiger partial charge in [-0.1, -0.05) is 69.6 Å². The fraction of sp³-hybridized carbons (Fsp3) is 0.409. The van der Waals surface area contributed by atoms with Crippen LogP contribution in [0.4, 0.5) is 0 Å². The summed E-state index contributed by atoms with van der Waals surface area (Å²) in [5, 5.41) is 10.2. The molecule has 0 aromatic heterocycles. The lowest BCUT2D eigenvalue weighted by Crippen LogP contribution is -2.40. The van der Waals surface area contributed by atoms with E-state index in [0.29, 0.717) is 17.2 Å². The van der Waals surface area contributed by atoms with Crippen molar-refractivity contribution in [3.05, 3.63) is 69.7 Å². The lowest BCUT2D eigenvalue weighted by atomic mass is 9.89. The molecule has 3 nitrogen and oxygen atoms in total. The molecule has 146 valence electrons. The summed E-state index contributed by atoms with van der Waals surface area (Å²) in [5.41, 5.74) is 3.03. The Morgan fingerprint density at radius 2 is 1.78 bits per heavy atom. The van der Waals surface area contributed by atoms with Gasteiger partial charge in [0.1, 0.15) is 0 Å². The Kier molecular flexibility index (Phi) is 6.56.